The van der Waals surface area contributed by atoms with Crippen LogP contribution in [-0.2, 0) is 6.54 Å². The number of hydrogen-bond acceptors (Lipinski definition) is 3. The van der Waals surface area contributed by atoms with Crippen molar-refractivity contribution in [3.63, 3.8) is 0 Å². The second kappa shape index (κ2) is 6.43. The maximum Gasteiger partial charge on any atom is 0.126 e. The van der Waals surface area contributed by atoms with Gasteiger partial charge in [-0.2, -0.15) is 0 Å². The summed E-state index contributed by atoms with van der Waals surface area (Å²) in [4.78, 5) is 6.67. The Kier molecular flexibility index (Phi) is 4.63. The molecule has 0 aliphatic rings. The molecule has 0 bridgehead atoms. The van der Waals surface area contributed by atoms with Gasteiger partial charge in [-0.25, -0.2) is 4.98 Å². The molecule has 0 aliphatic carbocycles. The van der Waals surface area contributed by atoms with Crippen LogP contribution in [-0.4, -0.2) is 18.6 Å². The smallest absolute Gasteiger partial charge is 0.126 e. The molecule has 100 valence electrons. The summed E-state index contributed by atoms with van der Waals surface area (Å²) in [5.41, 5.74) is 2.03. The Bertz CT molecular complexity index is 528. The number of para-hydroxylation sites is 1. The van der Waals surface area contributed by atoms with E-state index in [-0.39, 0.29) is 0 Å². The lowest BCUT2D eigenvalue weighted by Crippen LogP contribution is -2.17. The molecule has 0 unspecified atom stereocenters. The highest BCUT2D eigenvalue weighted by molar-refractivity contribution is 6.31. The SMILES string of the molecule is CCNc1ccc(Cl)c(CN(C)c2ccccc2)n1. The molecule has 0 aliphatic heterocycles. The van der Waals surface area contributed by atoms with Gasteiger partial charge in [-0.05, 0) is 31.2 Å². The summed E-state index contributed by atoms with van der Waals surface area (Å²) in [6.45, 7) is 3.58. The minimum Gasteiger partial charge on any atom is -0.370 e. The zero-order valence-corrected chi connectivity index (χ0v) is 12.0. The van der Waals surface area contributed by atoms with Crippen molar-refractivity contribution in [1.82, 2.24) is 4.98 Å². The Morgan fingerprint density at radius 2 is 1.89 bits per heavy atom. The molecule has 3 nitrogen and oxygen atoms in total. The van der Waals surface area contributed by atoms with Gasteiger partial charge < -0.3 is 10.2 Å². The monoisotopic (exact) mass is 275 g/mol. The number of rotatable bonds is 5. The van der Waals surface area contributed by atoms with E-state index < -0.39 is 0 Å². The van der Waals surface area contributed by atoms with Crippen molar-refractivity contribution in [3.8, 4) is 0 Å². The molecular weight excluding hydrogens is 258 g/mol. The lowest BCUT2D eigenvalue weighted by atomic mass is 10.2. The van der Waals surface area contributed by atoms with E-state index in [0.717, 1.165) is 23.7 Å². The van der Waals surface area contributed by atoms with Crippen LogP contribution >= 0.6 is 11.6 Å². The van der Waals surface area contributed by atoms with Crippen molar-refractivity contribution in [1.29, 1.82) is 0 Å². The van der Waals surface area contributed by atoms with Gasteiger partial charge in [-0.3, -0.25) is 0 Å². The number of benzene rings is 1. The van der Waals surface area contributed by atoms with E-state index in [2.05, 4.69) is 27.3 Å². The predicted octanol–water partition coefficient (Wildman–Crippen LogP) is 3.80. The van der Waals surface area contributed by atoms with Crippen molar-refractivity contribution in [2.75, 3.05) is 23.8 Å². The van der Waals surface area contributed by atoms with Gasteiger partial charge in [-0.15, -0.1) is 0 Å². The fourth-order valence-corrected chi connectivity index (χ4v) is 2.04. The molecule has 1 aromatic carbocycles. The molecule has 0 saturated carbocycles. The van der Waals surface area contributed by atoms with Crippen LogP contribution in [0.2, 0.25) is 5.02 Å². The summed E-state index contributed by atoms with van der Waals surface area (Å²) in [6, 6.07) is 14.0. The van der Waals surface area contributed by atoms with Crippen molar-refractivity contribution in [2.24, 2.45) is 0 Å². The minimum atomic E-state index is 0.683. The molecule has 4 heteroatoms. The van der Waals surface area contributed by atoms with E-state index in [1.807, 2.05) is 44.3 Å². The third kappa shape index (κ3) is 3.61. The van der Waals surface area contributed by atoms with Gasteiger partial charge in [0.2, 0.25) is 0 Å². The molecule has 2 rings (SSSR count). The molecule has 0 spiro atoms. The van der Waals surface area contributed by atoms with Crippen LogP contribution in [0.25, 0.3) is 0 Å². The Hall–Kier alpha value is -1.74. The molecule has 0 amide bonds. The topological polar surface area (TPSA) is 28.2 Å². The maximum absolute atomic E-state index is 6.21. The minimum absolute atomic E-state index is 0.683. The Morgan fingerprint density at radius 1 is 1.16 bits per heavy atom. The highest BCUT2D eigenvalue weighted by Crippen LogP contribution is 2.20. The van der Waals surface area contributed by atoms with Gasteiger partial charge in [-0.1, -0.05) is 29.8 Å². The first-order chi connectivity index (χ1) is 9.20. The first kappa shape index (κ1) is 13.7. The van der Waals surface area contributed by atoms with E-state index in [4.69, 9.17) is 11.6 Å². The highest BCUT2D eigenvalue weighted by atomic mass is 35.5. The number of halogens is 1. The lowest BCUT2D eigenvalue weighted by Gasteiger charge is -2.19. The molecule has 19 heavy (non-hydrogen) atoms. The molecular formula is C15H18ClN3. The van der Waals surface area contributed by atoms with Gasteiger partial charge in [0.25, 0.3) is 0 Å². The van der Waals surface area contributed by atoms with Crippen LogP contribution in [0.4, 0.5) is 11.5 Å². The van der Waals surface area contributed by atoms with Crippen molar-refractivity contribution < 1.29 is 0 Å². The van der Waals surface area contributed by atoms with Gasteiger partial charge in [0.15, 0.2) is 0 Å². The number of hydrogen-bond donors (Lipinski definition) is 1. The fourth-order valence-electron chi connectivity index (χ4n) is 1.87. The zero-order chi connectivity index (χ0) is 13.7. The van der Waals surface area contributed by atoms with Gasteiger partial charge >= 0.3 is 0 Å². The summed E-state index contributed by atoms with van der Waals surface area (Å²) >= 11 is 6.21. The summed E-state index contributed by atoms with van der Waals surface area (Å²) in [6.07, 6.45) is 0. The third-order valence-corrected chi connectivity index (χ3v) is 3.20. The molecule has 1 N–H and O–H groups in total. The van der Waals surface area contributed by atoms with Crippen LogP contribution in [0.5, 0.6) is 0 Å². The Morgan fingerprint density at radius 3 is 2.58 bits per heavy atom. The summed E-state index contributed by atoms with van der Waals surface area (Å²) < 4.78 is 0. The van der Waals surface area contributed by atoms with E-state index in [0.29, 0.717) is 11.6 Å². The van der Waals surface area contributed by atoms with Crippen molar-refractivity contribution >= 4 is 23.1 Å². The molecule has 0 radical (unpaired) electrons. The predicted molar refractivity (Wildman–Crippen MR) is 82.0 cm³/mol. The second-order valence-corrected chi connectivity index (χ2v) is 4.75. The second-order valence-electron chi connectivity index (χ2n) is 4.35. The van der Waals surface area contributed by atoms with E-state index in [1.54, 1.807) is 0 Å². The number of nitrogens with one attached hydrogen (secondary N) is 1. The molecule has 1 heterocycles. The molecule has 0 saturated heterocycles. The van der Waals surface area contributed by atoms with Crippen LogP contribution in [0, 0.1) is 0 Å². The number of aromatic nitrogens is 1. The standard InChI is InChI=1S/C15H18ClN3/c1-3-17-15-10-9-13(16)14(18-15)11-19(2)12-7-5-4-6-8-12/h4-10H,3,11H2,1-2H3,(H,17,18). The van der Waals surface area contributed by atoms with Gasteiger partial charge in [0.05, 0.1) is 17.3 Å². The molecule has 2 aromatic rings. The van der Waals surface area contributed by atoms with E-state index in [1.165, 1.54) is 0 Å². The maximum atomic E-state index is 6.21. The summed E-state index contributed by atoms with van der Waals surface area (Å²) in [5.74, 6) is 0.864. The number of anilines is 2. The first-order valence-corrected chi connectivity index (χ1v) is 6.74. The lowest BCUT2D eigenvalue weighted by molar-refractivity contribution is 0.885. The fraction of sp³-hybridized carbons (Fsp3) is 0.267. The molecule has 0 atom stereocenters. The van der Waals surface area contributed by atoms with Crippen LogP contribution in [0.15, 0.2) is 42.5 Å². The van der Waals surface area contributed by atoms with E-state index in [9.17, 15) is 0 Å². The quantitative estimate of drug-likeness (QED) is 0.900. The summed E-state index contributed by atoms with van der Waals surface area (Å²) in [7, 11) is 2.03. The third-order valence-electron chi connectivity index (χ3n) is 2.86. The molecule has 0 fully saturated rings. The number of pyridine rings is 1. The van der Waals surface area contributed by atoms with Crippen molar-refractivity contribution in [3.05, 3.63) is 53.2 Å². The number of nitrogens with zero attached hydrogens (tertiary/aromatic N) is 2. The first-order valence-electron chi connectivity index (χ1n) is 6.36. The largest absolute Gasteiger partial charge is 0.370 e. The Labute approximate surface area is 119 Å². The van der Waals surface area contributed by atoms with Gasteiger partial charge in [0.1, 0.15) is 5.82 Å². The molecule has 1 aromatic heterocycles. The van der Waals surface area contributed by atoms with Crippen LogP contribution in [0.1, 0.15) is 12.6 Å². The van der Waals surface area contributed by atoms with E-state index >= 15 is 0 Å². The van der Waals surface area contributed by atoms with Crippen LogP contribution < -0.4 is 10.2 Å². The average Bonchev–Trinajstić information content (AvgIpc) is 2.44. The summed E-state index contributed by atoms with van der Waals surface area (Å²) in [5, 5.41) is 3.90. The zero-order valence-electron chi connectivity index (χ0n) is 11.2. The van der Waals surface area contributed by atoms with Crippen LogP contribution in [0.3, 0.4) is 0 Å². The highest BCUT2D eigenvalue weighted by Gasteiger charge is 2.07. The average molecular weight is 276 g/mol. The normalized spacial score (nSPS) is 10.3. The van der Waals surface area contributed by atoms with Gasteiger partial charge in [0, 0.05) is 19.3 Å². The Balaban J connectivity index is 2.16. The van der Waals surface area contributed by atoms with Crippen molar-refractivity contribution in [2.45, 2.75) is 13.5 Å².